The molecule has 4 aliphatic rings. The van der Waals surface area contributed by atoms with Gasteiger partial charge in [0.25, 0.3) is 0 Å². The van der Waals surface area contributed by atoms with Crippen LogP contribution in [0, 0.1) is 50.7 Å². The molecule has 0 aromatic rings. The van der Waals surface area contributed by atoms with Gasteiger partial charge in [0.05, 0.1) is 0 Å². The van der Waals surface area contributed by atoms with Gasteiger partial charge < -0.3 is 0 Å². The van der Waals surface area contributed by atoms with E-state index in [4.69, 9.17) is 6.58 Å². The molecule has 190 valence electrons. The molecule has 0 spiro atoms. The number of fused-ring (bicyclic) bond motifs is 5. The van der Waals surface area contributed by atoms with Gasteiger partial charge in [-0.2, -0.15) is 0 Å². The summed E-state index contributed by atoms with van der Waals surface area (Å²) in [6.07, 6.45) is 21.9. The van der Waals surface area contributed by atoms with E-state index < -0.39 is 0 Å². The zero-order chi connectivity index (χ0) is 25.2. The van der Waals surface area contributed by atoms with Crippen LogP contribution in [0.15, 0.2) is 48.6 Å². The Morgan fingerprint density at radius 2 is 1.71 bits per heavy atom. The Labute approximate surface area is 212 Å². The Hall–Kier alpha value is -1.04. The quantitative estimate of drug-likeness (QED) is 0.364. The summed E-state index contributed by atoms with van der Waals surface area (Å²) in [5.41, 5.74) is 4.86. The van der Waals surface area contributed by atoms with Crippen molar-refractivity contribution < 1.29 is 0 Å². The van der Waals surface area contributed by atoms with E-state index in [0.29, 0.717) is 33.5 Å². The smallest absolute Gasteiger partial charge is 0.0104 e. The fourth-order valence-corrected chi connectivity index (χ4v) is 10.0. The zero-order valence-electron chi connectivity index (χ0n) is 23.9. The molecule has 34 heavy (non-hydrogen) atoms. The van der Waals surface area contributed by atoms with E-state index >= 15 is 0 Å². The molecule has 0 nitrogen and oxygen atoms in total. The summed E-state index contributed by atoms with van der Waals surface area (Å²) in [5.74, 6) is 2.86. The average Bonchev–Trinajstić information content (AvgIpc) is 2.73. The van der Waals surface area contributed by atoms with Crippen molar-refractivity contribution in [2.75, 3.05) is 0 Å². The highest BCUT2D eigenvalue weighted by Crippen LogP contribution is 2.71. The highest BCUT2D eigenvalue weighted by Gasteiger charge is 2.62. The predicted molar refractivity (Wildman–Crippen MR) is 150 cm³/mol. The summed E-state index contributed by atoms with van der Waals surface area (Å²) >= 11 is 0. The largest absolute Gasteiger partial charge is 0.103 e. The van der Waals surface area contributed by atoms with Crippen molar-refractivity contribution in [2.45, 2.75) is 113 Å². The standard InChI is InChI=1S/C34H54/c1-11-13-17-34-19-14-25-29(26(34)23-31(7,8)20-21-34)24(3)22-28-32(25,9)18-15-27(30(4,5)6)33(28,10)16-12-2/h11-12,16,22,25-27,29H,1,3,13-15,17-21,23H2,2,4-10H3/b16-12-. The van der Waals surface area contributed by atoms with Crippen molar-refractivity contribution in [1.29, 1.82) is 0 Å². The van der Waals surface area contributed by atoms with Gasteiger partial charge in [0.1, 0.15) is 0 Å². The molecule has 7 atom stereocenters. The number of hydrogen-bond acceptors (Lipinski definition) is 0. The van der Waals surface area contributed by atoms with Crippen LogP contribution in [-0.4, -0.2) is 0 Å². The second-order valence-electron chi connectivity index (χ2n) is 15.1. The van der Waals surface area contributed by atoms with Crippen LogP contribution in [0.5, 0.6) is 0 Å². The second kappa shape index (κ2) is 8.52. The van der Waals surface area contributed by atoms with Crippen molar-refractivity contribution in [3.63, 3.8) is 0 Å². The molecule has 0 saturated heterocycles. The van der Waals surface area contributed by atoms with Crippen LogP contribution in [0.2, 0.25) is 0 Å². The molecule has 0 aliphatic heterocycles. The van der Waals surface area contributed by atoms with Gasteiger partial charge in [-0.05, 0) is 110 Å². The maximum atomic E-state index is 4.86. The SMILES string of the molecule is C=CCCC12CCC3C(C(=C)C=C4C(C)(/C=C\C)C(C(C)(C)C)CCC43C)C1CC(C)(C)CC2. The Kier molecular flexibility index (Phi) is 6.52. The summed E-state index contributed by atoms with van der Waals surface area (Å²) < 4.78 is 0. The predicted octanol–water partition coefficient (Wildman–Crippen LogP) is 10.3. The molecule has 4 rings (SSSR count). The van der Waals surface area contributed by atoms with Crippen LogP contribution < -0.4 is 0 Å². The van der Waals surface area contributed by atoms with E-state index in [1.807, 2.05) is 0 Å². The molecule has 0 amide bonds. The average molecular weight is 463 g/mol. The molecule has 4 aliphatic carbocycles. The Bertz CT molecular complexity index is 874. The maximum absolute atomic E-state index is 4.86. The lowest BCUT2D eigenvalue weighted by atomic mass is 9.39. The monoisotopic (exact) mass is 462 g/mol. The minimum absolute atomic E-state index is 0.122. The van der Waals surface area contributed by atoms with Crippen LogP contribution in [0.1, 0.15) is 113 Å². The lowest BCUT2D eigenvalue weighted by molar-refractivity contribution is -0.0980. The van der Waals surface area contributed by atoms with Crippen molar-refractivity contribution in [3.05, 3.63) is 48.6 Å². The van der Waals surface area contributed by atoms with Gasteiger partial charge >= 0.3 is 0 Å². The van der Waals surface area contributed by atoms with E-state index in [1.54, 1.807) is 5.57 Å². The van der Waals surface area contributed by atoms with Gasteiger partial charge in [0, 0.05) is 5.41 Å². The molecule has 7 unspecified atom stereocenters. The summed E-state index contributed by atoms with van der Waals surface area (Å²) in [7, 11) is 0. The number of hydrogen-bond donors (Lipinski definition) is 0. The first-order chi connectivity index (χ1) is 15.7. The molecule has 0 bridgehead atoms. The molecule has 0 aromatic carbocycles. The lowest BCUT2D eigenvalue weighted by Crippen LogP contribution is -2.57. The van der Waals surface area contributed by atoms with Crippen molar-refractivity contribution >= 4 is 0 Å². The topological polar surface area (TPSA) is 0 Å². The summed E-state index contributed by atoms with van der Waals surface area (Å²) in [6, 6.07) is 0. The fraction of sp³-hybridized carbons (Fsp3) is 0.765. The minimum atomic E-state index is 0.122. The summed E-state index contributed by atoms with van der Waals surface area (Å²) in [4.78, 5) is 0. The molecular weight excluding hydrogens is 408 g/mol. The molecule has 3 saturated carbocycles. The molecule has 0 N–H and O–H groups in total. The maximum Gasteiger partial charge on any atom is 0.0104 e. The first-order valence-electron chi connectivity index (χ1n) is 14.4. The zero-order valence-corrected chi connectivity index (χ0v) is 23.9. The Balaban J connectivity index is 1.82. The van der Waals surface area contributed by atoms with Crippen LogP contribution >= 0.6 is 0 Å². The van der Waals surface area contributed by atoms with Crippen molar-refractivity contribution in [1.82, 2.24) is 0 Å². The molecule has 0 heteroatoms. The van der Waals surface area contributed by atoms with E-state index in [-0.39, 0.29) is 5.41 Å². The van der Waals surface area contributed by atoms with Crippen LogP contribution in [0.25, 0.3) is 0 Å². The first-order valence-corrected chi connectivity index (χ1v) is 14.4. The summed E-state index contributed by atoms with van der Waals surface area (Å²) in [6.45, 7) is 28.8. The second-order valence-corrected chi connectivity index (χ2v) is 15.1. The van der Waals surface area contributed by atoms with Gasteiger partial charge in [-0.3, -0.25) is 0 Å². The van der Waals surface area contributed by atoms with Gasteiger partial charge in [-0.15, -0.1) is 6.58 Å². The Morgan fingerprint density at radius 3 is 2.32 bits per heavy atom. The van der Waals surface area contributed by atoms with Gasteiger partial charge in [0.15, 0.2) is 0 Å². The normalized spacial score (nSPS) is 44.1. The van der Waals surface area contributed by atoms with E-state index in [0.717, 1.165) is 11.8 Å². The fourth-order valence-electron chi connectivity index (χ4n) is 10.0. The van der Waals surface area contributed by atoms with E-state index in [2.05, 4.69) is 86.3 Å². The van der Waals surface area contributed by atoms with Gasteiger partial charge in [0.2, 0.25) is 0 Å². The van der Waals surface area contributed by atoms with Crippen LogP contribution in [0.4, 0.5) is 0 Å². The Morgan fingerprint density at radius 1 is 1.00 bits per heavy atom. The van der Waals surface area contributed by atoms with Crippen molar-refractivity contribution in [2.24, 2.45) is 50.7 Å². The molecular formula is C34H54. The highest BCUT2D eigenvalue weighted by molar-refractivity contribution is 5.43. The van der Waals surface area contributed by atoms with Gasteiger partial charge in [-0.1, -0.05) is 90.5 Å². The van der Waals surface area contributed by atoms with Gasteiger partial charge in [-0.25, -0.2) is 0 Å². The molecule has 0 radical (unpaired) electrons. The first kappa shape index (κ1) is 26.0. The molecule has 0 heterocycles. The third kappa shape index (κ3) is 3.94. The molecule has 3 fully saturated rings. The number of allylic oxidation sites excluding steroid dienone is 6. The number of rotatable bonds is 4. The lowest BCUT2D eigenvalue weighted by Gasteiger charge is -2.66. The van der Waals surface area contributed by atoms with Crippen LogP contribution in [0.3, 0.4) is 0 Å². The summed E-state index contributed by atoms with van der Waals surface area (Å²) in [5, 5.41) is 0. The highest BCUT2D eigenvalue weighted by atomic mass is 14.7. The molecule has 0 aromatic heterocycles. The van der Waals surface area contributed by atoms with E-state index in [1.165, 1.54) is 63.4 Å². The third-order valence-corrected chi connectivity index (χ3v) is 11.5. The third-order valence-electron chi connectivity index (χ3n) is 11.5. The van der Waals surface area contributed by atoms with Crippen molar-refractivity contribution in [3.8, 4) is 0 Å². The minimum Gasteiger partial charge on any atom is -0.103 e. The van der Waals surface area contributed by atoms with Crippen LogP contribution in [-0.2, 0) is 0 Å². The van der Waals surface area contributed by atoms with E-state index in [9.17, 15) is 0 Å².